The van der Waals surface area contributed by atoms with Crippen molar-refractivity contribution in [2.24, 2.45) is 5.92 Å². The fourth-order valence-corrected chi connectivity index (χ4v) is 3.29. The van der Waals surface area contributed by atoms with Gasteiger partial charge in [0.2, 0.25) is 0 Å². The van der Waals surface area contributed by atoms with Crippen molar-refractivity contribution in [1.29, 1.82) is 0 Å². The lowest BCUT2D eigenvalue weighted by molar-refractivity contribution is 0.533. The van der Waals surface area contributed by atoms with E-state index in [1.807, 2.05) is 24.5 Å². The maximum absolute atomic E-state index is 6.17. The van der Waals surface area contributed by atoms with Gasteiger partial charge in [-0.05, 0) is 23.1 Å². The van der Waals surface area contributed by atoms with E-state index in [4.69, 9.17) is 5.73 Å². The molecular formula is C20H20N4. The van der Waals surface area contributed by atoms with Crippen LogP contribution in [0.25, 0.3) is 33.1 Å². The highest BCUT2D eigenvalue weighted by molar-refractivity contribution is 6.13. The molecular weight excluding hydrogens is 296 g/mol. The van der Waals surface area contributed by atoms with E-state index in [9.17, 15) is 0 Å². The summed E-state index contributed by atoms with van der Waals surface area (Å²) >= 11 is 0. The molecule has 0 saturated heterocycles. The van der Waals surface area contributed by atoms with E-state index in [0.29, 0.717) is 11.7 Å². The zero-order valence-corrected chi connectivity index (χ0v) is 13.9. The molecule has 0 spiro atoms. The number of rotatable bonds is 3. The Bertz CT molecular complexity index is 1020. The normalized spacial score (nSPS) is 11.6. The molecule has 4 heteroatoms. The number of fused-ring (bicyclic) bond motifs is 3. The van der Waals surface area contributed by atoms with E-state index in [1.165, 1.54) is 5.56 Å². The molecule has 0 aliphatic carbocycles. The van der Waals surface area contributed by atoms with Gasteiger partial charge in [0.15, 0.2) is 5.82 Å². The predicted molar refractivity (Wildman–Crippen MR) is 99.7 cm³/mol. The fourth-order valence-electron chi connectivity index (χ4n) is 3.29. The lowest BCUT2D eigenvalue weighted by Crippen LogP contribution is -2.04. The van der Waals surface area contributed by atoms with Crippen molar-refractivity contribution < 1.29 is 0 Å². The van der Waals surface area contributed by atoms with Crippen LogP contribution in [0, 0.1) is 5.92 Å². The molecule has 4 nitrogen and oxygen atoms in total. The molecule has 0 aliphatic heterocycles. The van der Waals surface area contributed by atoms with Crippen molar-refractivity contribution in [2.75, 3.05) is 5.73 Å². The van der Waals surface area contributed by atoms with Gasteiger partial charge < -0.3 is 10.3 Å². The molecule has 2 heterocycles. The van der Waals surface area contributed by atoms with Crippen LogP contribution in [0.2, 0.25) is 0 Å². The Morgan fingerprint density at radius 2 is 1.83 bits per heavy atom. The van der Waals surface area contributed by atoms with E-state index in [2.05, 4.69) is 58.7 Å². The number of nitrogens with zero attached hydrogens (tertiary/aromatic N) is 3. The largest absolute Gasteiger partial charge is 0.382 e. The number of anilines is 1. The third-order valence-corrected chi connectivity index (χ3v) is 4.25. The molecule has 0 unspecified atom stereocenters. The van der Waals surface area contributed by atoms with Gasteiger partial charge >= 0.3 is 0 Å². The van der Waals surface area contributed by atoms with Gasteiger partial charge in [0.05, 0.1) is 17.4 Å². The summed E-state index contributed by atoms with van der Waals surface area (Å²) in [6, 6.07) is 16.6. The lowest BCUT2D eigenvalue weighted by Gasteiger charge is -2.13. The predicted octanol–water partition coefficient (Wildman–Crippen LogP) is 4.49. The van der Waals surface area contributed by atoms with E-state index < -0.39 is 0 Å². The van der Waals surface area contributed by atoms with Crippen molar-refractivity contribution in [2.45, 2.75) is 20.4 Å². The first kappa shape index (κ1) is 14.7. The first-order chi connectivity index (χ1) is 11.6. The first-order valence-corrected chi connectivity index (χ1v) is 8.23. The van der Waals surface area contributed by atoms with Crippen molar-refractivity contribution in [3.8, 4) is 11.1 Å². The van der Waals surface area contributed by atoms with Crippen LogP contribution >= 0.6 is 0 Å². The summed E-state index contributed by atoms with van der Waals surface area (Å²) < 4.78 is 2.20. The Morgan fingerprint density at radius 3 is 2.58 bits per heavy atom. The second-order valence-electron chi connectivity index (χ2n) is 6.55. The number of imidazole rings is 1. The maximum Gasteiger partial charge on any atom is 0.152 e. The average Bonchev–Trinajstić information content (AvgIpc) is 2.99. The average molecular weight is 316 g/mol. The second kappa shape index (κ2) is 5.64. The van der Waals surface area contributed by atoms with Gasteiger partial charge in [-0.3, -0.25) is 0 Å². The van der Waals surface area contributed by atoms with Crippen LogP contribution in [0.4, 0.5) is 5.82 Å². The molecule has 0 atom stereocenters. The molecule has 0 fully saturated rings. The van der Waals surface area contributed by atoms with Gasteiger partial charge in [-0.2, -0.15) is 0 Å². The molecule has 120 valence electrons. The number of hydrogen-bond donors (Lipinski definition) is 1. The highest BCUT2D eigenvalue weighted by atomic mass is 15.1. The first-order valence-electron chi connectivity index (χ1n) is 8.23. The Hall–Kier alpha value is -2.88. The highest BCUT2D eigenvalue weighted by Gasteiger charge is 2.16. The number of aromatic nitrogens is 3. The van der Waals surface area contributed by atoms with Crippen molar-refractivity contribution in [3.05, 3.63) is 54.9 Å². The number of benzene rings is 2. The van der Waals surface area contributed by atoms with Crippen LogP contribution in [0.3, 0.4) is 0 Å². The zero-order chi connectivity index (χ0) is 16.7. The fraction of sp³-hybridized carbons (Fsp3) is 0.200. The molecule has 2 aromatic heterocycles. The molecule has 0 bridgehead atoms. The van der Waals surface area contributed by atoms with Gasteiger partial charge in [-0.15, -0.1) is 0 Å². The van der Waals surface area contributed by atoms with Crippen molar-refractivity contribution in [1.82, 2.24) is 14.5 Å². The van der Waals surface area contributed by atoms with Gasteiger partial charge in [-0.1, -0.05) is 56.3 Å². The summed E-state index contributed by atoms with van der Waals surface area (Å²) in [5.74, 6) is 1.01. The highest BCUT2D eigenvalue weighted by Crippen LogP contribution is 2.35. The second-order valence-corrected chi connectivity index (χ2v) is 6.55. The minimum Gasteiger partial charge on any atom is -0.382 e. The molecule has 4 rings (SSSR count). The maximum atomic E-state index is 6.17. The quantitative estimate of drug-likeness (QED) is 0.606. The molecule has 0 amide bonds. The standard InChI is InChI=1S/C20H20N4/c1-13(2)11-24-12-22-18-19(24)17-15(14-7-4-3-5-8-14)9-6-10-16(17)23-20(18)21/h3-10,12-13H,11H2,1-2H3,(H2,21,23). The minimum atomic E-state index is 0.491. The Balaban J connectivity index is 2.13. The molecule has 24 heavy (non-hydrogen) atoms. The van der Waals surface area contributed by atoms with Gasteiger partial charge in [0, 0.05) is 11.9 Å². The van der Waals surface area contributed by atoms with E-state index >= 15 is 0 Å². The Labute approximate surface area is 141 Å². The minimum absolute atomic E-state index is 0.491. The third kappa shape index (κ3) is 2.31. The topological polar surface area (TPSA) is 56.7 Å². The molecule has 4 aromatic rings. The monoisotopic (exact) mass is 316 g/mol. The van der Waals surface area contributed by atoms with E-state index in [-0.39, 0.29) is 0 Å². The van der Waals surface area contributed by atoms with Crippen molar-refractivity contribution in [3.63, 3.8) is 0 Å². The van der Waals surface area contributed by atoms with Gasteiger partial charge in [0.1, 0.15) is 5.52 Å². The van der Waals surface area contributed by atoms with E-state index in [1.54, 1.807) is 0 Å². The van der Waals surface area contributed by atoms with Crippen LogP contribution in [0.5, 0.6) is 0 Å². The summed E-state index contributed by atoms with van der Waals surface area (Å²) in [6.45, 7) is 5.31. The lowest BCUT2D eigenvalue weighted by atomic mass is 9.99. The number of hydrogen-bond acceptors (Lipinski definition) is 3. The van der Waals surface area contributed by atoms with Gasteiger partial charge in [-0.25, -0.2) is 9.97 Å². The zero-order valence-electron chi connectivity index (χ0n) is 13.9. The van der Waals surface area contributed by atoms with E-state index in [0.717, 1.165) is 34.0 Å². The van der Waals surface area contributed by atoms with Crippen LogP contribution < -0.4 is 5.73 Å². The number of nitrogens with two attached hydrogens (primary N) is 1. The number of pyridine rings is 1. The third-order valence-electron chi connectivity index (χ3n) is 4.25. The molecule has 2 aromatic carbocycles. The summed E-state index contributed by atoms with van der Waals surface area (Å²) in [4.78, 5) is 9.12. The smallest absolute Gasteiger partial charge is 0.152 e. The SMILES string of the molecule is CC(C)Cn1cnc2c(N)nc3cccc(-c4ccccc4)c3c21. The summed E-state index contributed by atoms with van der Waals surface area (Å²) in [6.07, 6.45) is 1.88. The van der Waals surface area contributed by atoms with Crippen LogP contribution in [0.1, 0.15) is 13.8 Å². The molecule has 2 N–H and O–H groups in total. The number of nitrogen functional groups attached to an aromatic ring is 1. The summed E-state index contributed by atoms with van der Waals surface area (Å²) in [5.41, 5.74) is 11.3. The Kier molecular flexibility index (Phi) is 3.45. The van der Waals surface area contributed by atoms with Crippen molar-refractivity contribution >= 4 is 27.8 Å². The summed E-state index contributed by atoms with van der Waals surface area (Å²) in [7, 11) is 0. The van der Waals surface area contributed by atoms with Crippen LogP contribution in [-0.2, 0) is 6.54 Å². The molecule has 0 radical (unpaired) electrons. The van der Waals surface area contributed by atoms with Crippen LogP contribution in [0.15, 0.2) is 54.9 Å². The molecule has 0 aliphatic rings. The molecule has 0 saturated carbocycles. The summed E-state index contributed by atoms with van der Waals surface area (Å²) in [5, 5.41) is 1.12. The Morgan fingerprint density at radius 1 is 1.04 bits per heavy atom. The van der Waals surface area contributed by atoms with Gasteiger partial charge in [0.25, 0.3) is 0 Å². The van der Waals surface area contributed by atoms with Crippen LogP contribution in [-0.4, -0.2) is 14.5 Å².